The quantitative estimate of drug-likeness (QED) is 0.761. The van der Waals surface area contributed by atoms with Gasteiger partial charge in [0.2, 0.25) is 11.7 Å². The summed E-state index contributed by atoms with van der Waals surface area (Å²) in [6.07, 6.45) is 0. The Morgan fingerprint density at radius 2 is 2.21 bits per heavy atom. The lowest BCUT2D eigenvalue weighted by atomic mass is 10.2. The van der Waals surface area contributed by atoms with Crippen LogP contribution in [0.4, 0.5) is 4.39 Å². The predicted octanol–water partition coefficient (Wildman–Crippen LogP) is 2.79. The van der Waals surface area contributed by atoms with Crippen LogP contribution in [0.25, 0.3) is 11.4 Å². The molecule has 0 N–H and O–H groups in total. The molecule has 0 fully saturated rings. The second kappa shape index (κ2) is 3.64. The molecule has 0 aliphatic heterocycles. The van der Waals surface area contributed by atoms with Gasteiger partial charge < -0.3 is 4.52 Å². The summed E-state index contributed by atoms with van der Waals surface area (Å²) in [5.74, 6) is 0.745. The third-order valence-corrected chi connectivity index (χ3v) is 2.53. The Labute approximate surface area is 93.5 Å². The zero-order valence-electron chi connectivity index (χ0n) is 7.29. The Bertz CT molecular complexity index is 470. The lowest BCUT2D eigenvalue weighted by Gasteiger charge is -1.96. The van der Waals surface area contributed by atoms with E-state index in [-0.39, 0.29) is 5.82 Å². The normalized spacial score (nSPS) is 10.5. The fourth-order valence-electron chi connectivity index (χ4n) is 1.05. The molecule has 0 radical (unpaired) electrons. The van der Waals surface area contributed by atoms with E-state index in [9.17, 15) is 4.39 Å². The van der Waals surface area contributed by atoms with E-state index >= 15 is 0 Å². The van der Waals surface area contributed by atoms with Gasteiger partial charge in [-0.15, -0.1) is 0 Å². The minimum Gasteiger partial charge on any atom is -0.339 e. The second-order valence-corrected chi connectivity index (χ2v) is 3.93. The molecule has 0 amide bonds. The zero-order valence-corrected chi connectivity index (χ0v) is 9.45. The molecule has 0 saturated carbocycles. The van der Waals surface area contributed by atoms with E-state index in [1.807, 2.05) is 22.6 Å². The third-order valence-electron chi connectivity index (χ3n) is 1.71. The predicted molar refractivity (Wildman–Crippen MR) is 57.1 cm³/mol. The molecule has 0 unspecified atom stereocenters. The third kappa shape index (κ3) is 1.77. The van der Waals surface area contributed by atoms with Crippen molar-refractivity contribution in [2.24, 2.45) is 0 Å². The number of rotatable bonds is 1. The van der Waals surface area contributed by atoms with Crippen molar-refractivity contribution in [3.05, 3.63) is 33.5 Å². The standard InChI is InChI=1S/C9H6FIN2O/c1-5-12-9(13-14-5)6-2-3-7(10)8(11)4-6/h2-4H,1H3. The first-order chi connectivity index (χ1) is 6.66. The maximum absolute atomic E-state index is 12.9. The fraction of sp³-hybridized carbons (Fsp3) is 0.111. The van der Waals surface area contributed by atoms with Crippen LogP contribution >= 0.6 is 22.6 Å². The number of aromatic nitrogens is 2. The number of aryl methyl sites for hydroxylation is 1. The van der Waals surface area contributed by atoms with Crippen molar-refractivity contribution in [3.63, 3.8) is 0 Å². The molecular formula is C9H6FIN2O. The number of hydrogen-bond acceptors (Lipinski definition) is 3. The molecule has 0 aliphatic carbocycles. The van der Waals surface area contributed by atoms with Crippen LogP contribution in [-0.4, -0.2) is 10.1 Å². The van der Waals surface area contributed by atoms with Crippen molar-refractivity contribution in [2.45, 2.75) is 6.92 Å². The molecule has 0 spiro atoms. The van der Waals surface area contributed by atoms with Gasteiger partial charge in [-0.25, -0.2) is 4.39 Å². The molecule has 1 heterocycles. The molecule has 0 saturated heterocycles. The first-order valence-corrected chi connectivity index (χ1v) is 5.00. The number of halogens is 2. The smallest absolute Gasteiger partial charge is 0.223 e. The number of hydrogen-bond donors (Lipinski definition) is 0. The van der Waals surface area contributed by atoms with E-state index in [2.05, 4.69) is 10.1 Å². The molecule has 5 heteroatoms. The monoisotopic (exact) mass is 304 g/mol. The molecule has 14 heavy (non-hydrogen) atoms. The Hall–Kier alpha value is -0.980. The summed E-state index contributed by atoms with van der Waals surface area (Å²) >= 11 is 1.92. The molecule has 1 aromatic heterocycles. The zero-order chi connectivity index (χ0) is 10.1. The number of nitrogens with zero attached hydrogens (tertiary/aromatic N) is 2. The summed E-state index contributed by atoms with van der Waals surface area (Å²) in [7, 11) is 0. The van der Waals surface area contributed by atoms with E-state index < -0.39 is 0 Å². The first kappa shape index (κ1) is 9.57. The highest BCUT2D eigenvalue weighted by atomic mass is 127. The van der Waals surface area contributed by atoms with Gasteiger partial charge >= 0.3 is 0 Å². The summed E-state index contributed by atoms with van der Waals surface area (Å²) in [6, 6.07) is 4.70. The van der Waals surface area contributed by atoms with E-state index in [1.165, 1.54) is 6.07 Å². The Morgan fingerprint density at radius 1 is 1.43 bits per heavy atom. The Balaban J connectivity index is 2.47. The van der Waals surface area contributed by atoms with Crippen molar-refractivity contribution in [1.29, 1.82) is 0 Å². The summed E-state index contributed by atoms with van der Waals surface area (Å²) in [5.41, 5.74) is 0.757. The van der Waals surface area contributed by atoms with Crippen LogP contribution in [0.3, 0.4) is 0 Å². The largest absolute Gasteiger partial charge is 0.339 e. The first-order valence-electron chi connectivity index (χ1n) is 3.92. The Kier molecular flexibility index (Phi) is 2.49. The van der Waals surface area contributed by atoms with Gasteiger partial charge in [-0.3, -0.25) is 0 Å². The summed E-state index contributed by atoms with van der Waals surface area (Å²) in [4.78, 5) is 4.05. The molecule has 1 aromatic carbocycles. The lowest BCUT2D eigenvalue weighted by molar-refractivity contribution is 0.394. The van der Waals surface area contributed by atoms with Crippen LogP contribution < -0.4 is 0 Å². The van der Waals surface area contributed by atoms with E-state index in [0.717, 1.165) is 5.56 Å². The molecule has 2 rings (SSSR count). The van der Waals surface area contributed by atoms with Gasteiger partial charge in [0, 0.05) is 16.1 Å². The minimum absolute atomic E-state index is 0.241. The van der Waals surface area contributed by atoms with Crippen molar-refractivity contribution < 1.29 is 8.91 Å². The van der Waals surface area contributed by atoms with E-state index in [1.54, 1.807) is 19.1 Å². The summed E-state index contributed by atoms with van der Waals surface area (Å²) in [6.45, 7) is 1.71. The molecule has 2 aromatic rings. The molecular weight excluding hydrogens is 298 g/mol. The van der Waals surface area contributed by atoms with Crippen LogP contribution in [0.1, 0.15) is 5.89 Å². The van der Waals surface area contributed by atoms with E-state index in [4.69, 9.17) is 4.52 Å². The SMILES string of the molecule is Cc1nc(-c2ccc(F)c(I)c2)no1. The van der Waals surface area contributed by atoms with Gasteiger partial charge in [-0.2, -0.15) is 4.98 Å². The molecule has 3 nitrogen and oxygen atoms in total. The number of benzene rings is 1. The minimum atomic E-state index is -0.241. The van der Waals surface area contributed by atoms with Gasteiger partial charge in [0.15, 0.2) is 0 Å². The van der Waals surface area contributed by atoms with Gasteiger partial charge in [0.05, 0.1) is 0 Å². The average Bonchev–Trinajstić information content (AvgIpc) is 2.57. The van der Waals surface area contributed by atoms with Crippen molar-refractivity contribution in [2.75, 3.05) is 0 Å². The molecule has 0 aliphatic rings. The van der Waals surface area contributed by atoms with Gasteiger partial charge in [0.25, 0.3) is 0 Å². The van der Waals surface area contributed by atoms with Crippen LogP contribution in [0.5, 0.6) is 0 Å². The topological polar surface area (TPSA) is 38.9 Å². The van der Waals surface area contributed by atoms with Crippen LogP contribution in [0.15, 0.2) is 22.7 Å². The highest BCUT2D eigenvalue weighted by molar-refractivity contribution is 14.1. The molecule has 72 valence electrons. The van der Waals surface area contributed by atoms with Crippen LogP contribution in [-0.2, 0) is 0 Å². The van der Waals surface area contributed by atoms with Gasteiger partial charge in [-0.05, 0) is 40.8 Å². The average molecular weight is 304 g/mol. The van der Waals surface area contributed by atoms with Crippen molar-refractivity contribution in [3.8, 4) is 11.4 Å². The molecule has 0 atom stereocenters. The van der Waals surface area contributed by atoms with Gasteiger partial charge in [0.1, 0.15) is 5.82 Å². The highest BCUT2D eigenvalue weighted by Crippen LogP contribution is 2.20. The van der Waals surface area contributed by atoms with Crippen LogP contribution in [0.2, 0.25) is 0 Å². The maximum atomic E-state index is 12.9. The Morgan fingerprint density at radius 3 is 2.79 bits per heavy atom. The van der Waals surface area contributed by atoms with Crippen LogP contribution in [0, 0.1) is 16.3 Å². The maximum Gasteiger partial charge on any atom is 0.223 e. The fourth-order valence-corrected chi connectivity index (χ4v) is 1.57. The highest BCUT2D eigenvalue weighted by Gasteiger charge is 2.07. The van der Waals surface area contributed by atoms with E-state index in [0.29, 0.717) is 15.3 Å². The van der Waals surface area contributed by atoms with Crippen molar-refractivity contribution >= 4 is 22.6 Å². The van der Waals surface area contributed by atoms with Crippen molar-refractivity contribution in [1.82, 2.24) is 10.1 Å². The summed E-state index contributed by atoms with van der Waals surface area (Å²) < 4.78 is 18.3. The molecule has 0 bridgehead atoms. The van der Waals surface area contributed by atoms with Gasteiger partial charge in [-0.1, -0.05) is 5.16 Å². The second-order valence-electron chi connectivity index (χ2n) is 2.77. The lowest BCUT2D eigenvalue weighted by Crippen LogP contribution is -1.85. The summed E-state index contributed by atoms with van der Waals surface area (Å²) in [5, 5.41) is 3.74.